The topological polar surface area (TPSA) is 21.3 Å². The molecule has 1 N–H and O–H groups in total. The molecule has 3 heteroatoms. The molecule has 0 bridgehead atoms. The average Bonchev–Trinajstić information content (AvgIpc) is 3.04. The molecule has 1 atom stereocenters. The van der Waals surface area contributed by atoms with E-state index in [0.29, 0.717) is 6.10 Å². The summed E-state index contributed by atoms with van der Waals surface area (Å²) in [7, 11) is 2.00. The van der Waals surface area contributed by atoms with E-state index in [1.54, 1.807) is 11.3 Å². The Hall–Kier alpha value is -1.32. The fourth-order valence-electron chi connectivity index (χ4n) is 2.11. The molecule has 1 fully saturated rings. The molecule has 2 nitrogen and oxygen atoms in total. The first-order chi connectivity index (χ1) is 8.86. The van der Waals surface area contributed by atoms with Crippen molar-refractivity contribution >= 4 is 11.3 Å². The van der Waals surface area contributed by atoms with Crippen molar-refractivity contribution in [3.63, 3.8) is 0 Å². The summed E-state index contributed by atoms with van der Waals surface area (Å²) >= 11 is 1.73. The number of benzene rings is 1. The summed E-state index contributed by atoms with van der Waals surface area (Å²) in [5.74, 6) is 0.991. The SMILES string of the molecule is CNC(c1ccsc1)c1cccc(OC2CC2)c1. The normalized spacial score (nSPS) is 16.5. The van der Waals surface area contributed by atoms with Crippen LogP contribution in [0.4, 0.5) is 0 Å². The lowest BCUT2D eigenvalue weighted by Crippen LogP contribution is -2.17. The first kappa shape index (κ1) is 11.8. The average molecular weight is 259 g/mol. The summed E-state index contributed by atoms with van der Waals surface area (Å²) in [6.45, 7) is 0. The van der Waals surface area contributed by atoms with E-state index in [4.69, 9.17) is 4.74 Å². The van der Waals surface area contributed by atoms with E-state index in [1.807, 2.05) is 13.1 Å². The van der Waals surface area contributed by atoms with Crippen molar-refractivity contribution in [2.24, 2.45) is 0 Å². The molecule has 1 aliphatic carbocycles. The second-order valence-corrected chi connectivity index (χ2v) is 5.45. The van der Waals surface area contributed by atoms with Gasteiger partial charge in [-0.05, 0) is 60.0 Å². The summed E-state index contributed by atoms with van der Waals surface area (Å²) < 4.78 is 5.85. The van der Waals surface area contributed by atoms with Gasteiger partial charge in [0.2, 0.25) is 0 Å². The second-order valence-electron chi connectivity index (χ2n) is 4.67. The van der Waals surface area contributed by atoms with Crippen LogP contribution in [0, 0.1) is 0 Å². The van der Waals surface area contributed by atoms with Gasteiger partial charge in [0.25, 0.3) is 0 Å². The smallest absolute Gasteiger partial charge is 0.120 e. The van der Waals surface area contributed by atoms with Crippen molar-refractivity contribution in [3.8, 4) is 5.75 Å². The van der Waals surface area contributed by atoms with Gasteiger partial charge in [-0.2, -0.15) is 11.3 Å². The van der Waals surface area contributed by atoms with Crippen molar-refractivity contribution in [1.82, 2.24) is 5.32 Å². The fourth-order valence-corrected chi connectivity index (χ4v) is 2.80. The molecular weight excluding hydrogens is 242 g/mol. The Kier molecular flexibility index (Phi) is 3.35. The lowest BCUT2D eigenvalue weighted by atomic mass is 10.0. The molecule has 0 saturated heterocycles. The van der Waals surface area contributed by atoms with Crippen LogP contribution in [-0.2, 0) is 0 Å². The van der Waals surface area contributed by atoms with Crippen LogP contribution in [0.5, 0.6) is 5.75 Å². The van der Waals surface area contributed by atoms with Gasteiger partial charge in [0.1, 0.15) is 5.75 Å². The molecule has 2 aromatic rings. The highest BCUT2D eigenvalue weighted by Gasteiger charge is 2.23. The molecule has 0 aliphatic heterocycles. The zero-order valence-electron chi connectivity index (χ0n) is 10.4. The molecule has 1 unspecified atom stereocenters. The van der Waals surface area contributed by atoms with Crippen LogP contribution >= 0.6 is 11.3 Å². The quantitative estimate of drug-likeness (QED) is 0.886. The first-order valence-electron chi connectivity index (χ1n) is 6.33. The molecule has 1 heterocycles. The van der Waals surface area contributed by atoms with E-state index in [2.05, 4.69) is 40.3 Å². The zero-order chi connectivity index (χ0) is 12.4. The maximum absolute atomic E-state index is 5.85. The standard InChI is InChI=1S/C15H17NOS/c1-16-15(12-7-8-18-10-12)11-3-2-4-14(9-11)17-13-5-6-13/h2-4,7-10,13,15-16H,5-6H2,1H3. The molecule has 1 aromatic carbocycles. The van der Waals surface area contributed by atoms with Crippen LogP contribution < -0.4 is 10.1 Å². The predicted octanol–water partition coefficient (Wildman–Crippen LogP) is 3.60. The van der Waals surface area contributed by atoms with E-state index in [-0.39, 0.29) is 6.04 Å². The van der Waals surface area contributed by atoms with Crippen molar-refractivity contribution in [1.29, 1.82) is 0 Å². The summed E-state index contributed by atoms with van der Waals surface area (Å²) in [5, 5.41) is 7.67. The molecule has 1 saturated carbocycles. The molecule has 1 aromatic heterocycles. The summed E-state index contributed by atoms with van der Waals surface area (Å²) in [6.07, 6.45) is 2.85. The Morgan fingerprint density at radius 3 is 2.83 bits per heavy atom. The molecule has 0 radical (unpaired) electrons. The third-order valence-corrected chi connectivity index (χ3v) is 3.89. The lowest BCUT2D eigenvalue weighted by molar-refractivity contribution is 0.302. The molecular formula is C15H17NOS. The highest BCUT2D eigenvalue weighted by molar-refractivity contribution is 7.08. The van der Waals surface area contributed by atoms with E-state index in [1.165, 1.54) is 24.0 Å². The van der Waals surface area contributed by atoms with Crippen LogP contribution in [0.3, 0.4) is 0 Å². The number of hydrogen-bond acceptors (Lipinski definition) is 3. The minimum atomic E-state index is 0.249. The number of nitrogens with one attached hydrogen (secondary N) is 1. The van der Waals surface area contributed by atoms with Crippen LogP contribution in [0.1, 0.15) is 30.0 Å². The number of hydrogen-bond donors (Lipinski definition) is 1. The second kappa shape index (κ2) is 5.12. The van der Waals surface area contributed by atoms with Crippen molar-refractivity contribution in [2.45, 2.75) is 25.0 Å². The number of rotatable bonds is 5. The van der Waals surface area contributed by atoms with E-state index in [9.17, 15) is 0 Å². The van der Waals surface area contributed by atoms with Crippen LogP contribution in [0.25, 0.3) is 0 Å². The minimum Gasteiger partial charge on any atom is -0.490 e. The van der Waals surface area contributed by atoms with E-state index < -0.39 is 0 Å². The summed E-state index contributed by atoms with van der Waals surface area (Å²) in [4.78, 5) is 0. The van der Waals surface area contributed by atoms with Gasteiger partial charge >= 0.3 is 0 Å². The van der Waals surface area contributed by atoms with Crippen LogP contribution in [0.2, 0.25) is 0 Å². The van der Waals surface area contributed by atoms with Crippen molar-refractivity contribution in [2.75, 3.05) is 7.05 Å². The third-order valence-electron chi connectivity index (χ3n) is 3.18. The molecule has 18 heavy (non-hydrogen) atoms. The van der Waals surface area contributed by atoms with Gasteiger partial charge in [-0.1, -0.05) is 12.1 Å². The molecule has 3 rings (SSSR count). The van der Waals surface area contributed by atoms with Crippen molar-refractivity contribution < 1.29 is 4.74 Å². The minimum absolute atomic E-state index is 0.249. The van der Waals surface area contributed by atoms with Crippen molar-refractivity contribution in [3.05, 3.63) is 52.2 Å². The van der Waals surface area contributed by atoms with Gasteiger partial charge in [0.05, 0.1) is 12.1 Å². The van der Waals surface area contributed by atoms with Crippen LogP contribution in [-0.4, -0.2) is 13.2 Å². The molecule has 0 amide bonds. The Labute approximate surface area is 112 Å². The van der Waals surface area contributed by atoms with E-state index in [0.717, 1.165) is 5.75 Å². The zero-order valence-corrected chi connectivity index (χ0v) is 11.2. The van der Waals surface area contributed by atoms with Gasteiger partial charge in [0.15, 0.2) is 0 Å². The Morgan fingerprint density at radius 2 is 2.17 bits per heavy atom. The highest BCUT2D eigenvalue weighted by atomic mass is 32.1. The van der Waals surface area contributed by atoms with Gasteiger partial charge < -0.3 is 10.1 Å². The lowest BCUT2D eigenvalue weighted by Gasteiger charge is -2.16. The Balaban J connectivity index is 1.84. The summed E-state index contributed by atoms with van der Waals surface area (Å²) in [5.41, 5.74) is 2.57. The Bertz CT molecular complexity index is 505. The third kappa shape index (κ3) is 2.57. The van der Waals surface area contributed by atoms with Gasteiger partial charge in [-0.3, -0.25) is 0 Å². The van der Waals surface area contributed by atoms with Gasteiger partial charge in [-0.15, -0.1) is 0 Å². The first-order valence-corrected chi connectivity index (χ1v) is 7.27. The number of thiophene rings is 1. The number of ether oxygens (including phenoxy) is 1. The highest BCUT2D eigenvalue weighted by Crippen LogP contribution is 2.30. The van der Waals surface area contributed by atoms with Gasteiger partial charge in [0, 0.05) is 0 Å². The molecule has 94 valence electrons. The van der Waals surface area contributed by atoms with Crippen LogP contribution in [0.15, 0.2) is 41.1 Å². The van der Waals surface area contributed by atoms with E-state index >= 15 is 0 Å². The fraction of sp³-hybridized carbons (Fsp3) is 0.333. The molecule has 1 aliphatic rings. The largest absolute Gasteiger partial charge is 0.490 e. The summed E-state index contributed by atoms with van der Waals surface area (Å²) in [6, 6.07) is 10.8. The van der Waals surface area contributed by atoms with Gasteiger partial charge in [-0.25, -0.2) is 0 Å². The predicted molar refractivity (Wildman–Crippen MR) is 75.3 cm³/mol. The maximum Gasteiger partial charge on any atom is 0.120 e. The molecule has 0 spiro atoms. The maximum atomic E-state index is 5.85. The monoisotopic (exact) mass is 259 g/mol. The Morgan fingerprint density at radius 1 is 1.28 bits per heavy atom.